The van der Waals surface area contributed by atoms with Crippen LogP contribution in [-0.2, 0) is 4.79 Å². The number of amides is 1. The summed E-state index contributed by atoms with van der Waals surface area (Å²) >= 11 is 0. The number of hydrogen-bond donors (Lipinski definition) is 1. The first kappa shape index (κ1) is 20.9. The van der Waals surface area contributed by atoms with Gasteiger partial charge in [0.15, 0.2) is 0 Å². The fourth-order valence-electron chi connectivity index (χ4n) is 5.20. The zero-order chi connectivity index (χ0) is 23.2. The van der Waals surface area contributed by atoms with E-state index in [0.717, 1.165) is 47.5 Å². The van der Waals surface area contributed by atoms with Crippen LogP contribution in [0.2, 0.25) is 0 Å². The SMILES string of the molecule is Cc1cc(Nc2cnc3c(c2)N2CCC[C@H]2CO3)ncc1-c1ccc(N2CCCC2=O)c(F)c1. The van der Waals surface area contributed by atoms with Gasteiger partial charge in [-0.3, -0.25) is 4.79 Å². The van der Waals surface area contributed by atoms with E-state index >= 15 is 0 Å². The minimum absolute atomic E-state index is 0.0246. The van der Waals surface area contributed by atoms with E-state index in [-0.39, 0.29) is 5.91 Å². The first-order valence-electron chi connectivity index (χ1n) is 11.8. The second-order valence-electron chi connectivity index (χ2n) is 9.17. The van der Waals surface area contributed by atoms with Gasteiger partial charge < -0.3 is 19.9 Å². The molecule has 0 radical (unpaired) electrons. The lowest BCUT2D eigenvalue weighted by molar-refractivity contribution is -0.117. The van der Waals surface area contributed by atoms with Crippen molar-refractivity contribution in [3.05, 3.63) is 54.1 Å². The van der Waals surface area contributed by atoms with Crippen molar-refractivity contribution in [2.75, 3.05) is 34.8 Å². The van der Waals surface area contributed by atoms with E-state index in [0.29, 0.717) is 43.0 Å². The van der Waals surface area contributed by atoms with Crippen molar-refractivity contribution in [3.8, 4) is 17.0 Å². The van der Waals surface area contributed by atoms with Crippen molar-refractivity contribution in [2.45, 2.75) is 38.6 Å². The summed E-state index contributed by atoms with van der Waals surface area (Å²) in [5.74, 6) is 0.960. The van der Waals surface area contributed by atoms with E-state index in [4.69, 9.17) is 4.74 Å². The van der Waals surface area contributed by atoms with Crippen molar-refractivity contribution < 1.29 is 13.9 Å². The Balaban J connectivity index is 1.23. The minimum atomic E-state index is -0.392. The summed E-state index contributed by atoms with van der Waals surface area (Å²) in [5, 5.41) is 3.34. The molecule has 1 aromatic carbocycles. The van der Waals surface area contributed by atoms with E-state index in [1.54, 1.807) is 18.5 Å². The fourth-order valence-corrected chi connectivity index (χ4v) is 5.20. The van der Waals surface area contributed by atoms with Gasteiger partial charge in [-0.2, -0.15) is 0 Å². The van der Waals surface area contributed by atoms with E-state index in [1.807, 2.05) is 19.1 Å². The average molecular weight is 460 g/mol. The van der Waals surface area contributed by atoms with E-state index < -0.39 is 5.82 Å². The number of anilines is 4. The third kappa shape index (κ3) is 3.63. The van der Waals surface area contributed by atoms with Gasteiger partial charge in [-0.1, -0.05) is 6.07 Å². The maximum absolute atomic E-state index is 14.8. The molecule has 7 nitrogen and oxygen atoms in total. The number of aryl methyl sites for hydroxylation is 1. The van der Waals surface area contributed by atoms with Crippen LogP contribution in [0, 0.1) is 12.7 Å². The van der Waals surface area contributed by atoms with Crippen LogP contribution in [0.15, 0.2) is 42.7 Å². The number of rotatable bonds is 4. The van der Waals surface area contributed by atoms with Crippen LogP contribution in [0.5, 0.6) is 5.88 Å². The third-order valence-corrected chi connectivity index (χ3v) is 6.94. The number of pyridine rings is 2. The summed E-state index contributed by atoms with van der Waals surface area (Å²) in [4.78, 5) is 25.0. The standard InChI is InChI=1S/C26H26FN5O2/c1-16-10-24(30-18-12-23-26(29-13-18)34-15-19-4-2-8-31(19)23)28-14-20(16)17-6-7-22(21(27)11-17)32-9-3-5-25(32)33/h6-7,10-14,19H,2-5,8-9,15H2,1H3,(H,28,30)/t19-/m0/s1. The molecule has 1 amide bonds. The topological polar surface area (TPSA) is 70.6 Å². The highest BCUT2D eigenvalue weighted by Gasteiger charge is 2.32. The fraction of sp³-hybridized carbons (Fsp3) is 0.346. The quantitative estimate of drug-likeness (QED) is 0.603. The summed E-state index contributed by atoms with van der Waals surface area (Å²) in [7, 11) is 0. The number of ether oxygens (including phenoxy) is 1. The molecular weight excluding hydrogens is 433 g/mol. The third-order valence-electron chi connectivity index (χ3n) is 6.94. The summed E-state index contributed by atoms with van der Waals surface area (Å²) in [6, 6.07) is 9.46. The number of fused-ring (bicyclic) bond motifs is 3. The number of nitrogens with one attached hydrogen (secondary N) is 1. The first-order valence-corrected chi connectivity index (χ1v) is 11.8. The van der Waals surface area contributed by atoms with Crippen molar-refractivity contribution in [1.29, 1.82) is 0 Å². The molecule has 1 atom stereocenters. The number of halogens is 1. The van der Waals surface area contributed by atoms with Gasteiger partial charge in [0.05, 0.1) is 23.6 Å². The van der Waals surface area contributed by atoms with Gasteiger partial charge in [0.1, 0.15) is 23.9 Å². The summed E-state index contributed by atoms with van der Waals surface area (Å²) in [5.41, 5.74) is 4.77. The number of carbonyl (C=O) groups is 1. The lowest BCUT2D eigenvalue weighted by Gasteiger charge is -2.32. The maximum atomic E-state index is 14.8. The number of benzene rings is 1. The zero-order valence-electron chi connectivity index (χ0n) is 19.1. The highest BCUT2D eigenvalue weighted by molar-refractivity contribution is 5.95. The molecule has 2 fully saturated rings. The van der Waals surface area contributed by atoms with Gasteiger partial charge in [0.25, 0.3) is 0 Å². The average Bonchev–Trinajstić information content (AvgIpc) is 3.48. The summed E-state index contributed by atoms with van der Waals surface area (Å²) in [6.07, 6.45) is 7.07. The Hall–Kier alpha value is -3.68. The van der Waals surface area contributed by atoms with Gasteiger partial charge in [-0.05, 0) is 61.6 Å². The molecule has 3 aliphatic rings. The maximum Gasteiger partial charge on any atom is 0.237 e. The second-order valence-corrected chi connectivity index (χ2v) is 9.17. The number of nitrogens with zero attached hydrogens (tertiary/aromatic N) is 4. The Kier molecular flexibility index (Phi) is 5.08. The van der Waals surface area contributed by atoms with Crippen molar-refractivity contribution in [3.63, 3.8) is 0 Å². The molecule has 0 saturated carbocycles. The Morgan fingerprint density at radius 2 is 2.00 bits per heavy atom. The number of carbonyl (C=O) groups excluding carboxylic acids is 1. The molecule has 8 heteroatoms. The van der Waals surface area contributed by atoms with E-state index in [1.165, 1.54) is 17.4 Å². The molecule has 2 aromatic heterocycles. The Morgan fingerprint density at radius 3 is 2.79 bits per heavy atom. The van der Waals surface area contributed by atoms with Crippen LogP contribution in [0.1, 0.15) is 31.2 Å². The lowest BCUT2D eigenvalue weighted by Crippen LogP contribution is -2.38. The lowest BCUT2D eigenvalue weighted by atomic mass is 10.0. The molecule has 0 spiro atoms. The van der Waals surface area contributed by atoms with Crippen LogP contribution in [0.25, 0.3) is 11.1 Å². The Labute approximate surface area is 197 Å². The molecule has 6 rings (SSSR count). The largest absolute Gasteiger partial charge is 0.474 e. The predicted octanol–water partition coefficient (Wildman–Crippen LogP) is 4.82. The van der Waals surface area contributed by atoms with Gasteiger partial charge in [-0.25, -0.2) is 14.4 Å². The van der Waals surface area contributed by atoms with Gasteiger partial charge in [0, 0.05) is 31.3 Å². The molecule has 3 aromatic rings. The second kappa shape index (κ2) is 8.27. The van der Waals surface area contributed by atoms with Gasteiger partial charge >= 0.3 is 0 Å². The molecule has 1 N–H and O–H groups in total. The van der Waals surface area contributed by atoms with Crippen molar-refractivity contribution in [2.24, 2.45) is 0 Å². The molecule has 0 unspecified atom stereocenters. The Morgan fingerprint density at radius 1 is 1.09 bits per heavy atom. The molecule has 2 saturated heterocycles. The predicted molar refractivity (Wildman–Crippen MR) is 129 cm³/mol. The highest BCUT2D eigenvalue weighted by atomic mass is 19.1. The van der Waals surface area contributed by atoms with Gasteiger partial charge in [0.2, 0.25) is 11.8 Å². The Bertz CT molecular complexity index is 1280. The number of hydrogen-bond acceptors (Lipinski definition) is 6. The number of aromatic nitrogens is 2. The monoisotopic (exact) mass is 459 g/mol. The van der Waals surface area contributed by atoms with Crippen LogP contribution in [0.3, 0.4) is 0 Å². The van der Waals surface area contributed by atoms with Crippen LogP contribution >= 0.6 is 0 Å². The minimum Gasteiger partial charge on any atom is -0.474 e. The van der Waals surface area contributed by atoms with Crippen molar-refractivity contribution >= 4 is 28.8 Å². The van der Waals surface area contributed by atoms with Crippen LogP contribution in [0.4, 0.5) is 27.3 Å². The molecule has 174 valence electrons. The molecule has 5 heterocycles. The molecule has 3 aliphatic heterocycles. The van der Waals surface area contributed by atoms with Gasteiger partial charge in [-0.15, -0.1) is 0 Å². The normalized spacial score (nSPS) is 19.1. The van der Waals surface area contributed by atoms with Crippen LogP contribution < -0.4 is 19.9 Å². The highest BCUT2D eigenvalue weighted by Crippen LogP contribution is 2.38. The van der Waals surface area contributed by atoms with E-state index in [9.17, 15) is 9.18 Å². The smallest absolute Gasteiger partial charge is 0.237 e. The molecular formula is C26H26FN5O2. The molecule has 0 bridgehead atoms. The zero-order valence-corrected chi connectivity index (χ0v) is 19.1. The summed E-state index contributed by atoms with van der Waals surface area (Å²) < 4.78 is 20.7. The van der Waals surface area contributed by atoms with E-state index in [2.05, 4.69) is 26.3 Å². The summed E-state index contributed by atoms with van der Waals surface area (Å²) in [6.45, 7) is 4.27. The van der Waals surface area contributed by atoms with Crippen molar-refractivity contribution in [1.82, 2.24) is 9.97 Å². The first-order chi connectivity index (χ1) is 16.6. The molecule has 34 heavy (non-hydrogen) atoms. The molecule has 0 aliphatic carbocycles. The van der Waals surface area contributed by atoms with Crippen LogP contribution in [-0.4, -0.2) is 41.6 Å².